The van der Waals surface area contributed by atoms with Gasteiger partial charge in [-0.05, 0) is 53.4 Å². The first-order chi connectivity index (χ1) is 14.9. The zero-order valence-corrected chi connectivity index (χ0v) is 22.9. The molecule has 0 radical (unpaired) electrons. The summed E-state index contributed by atoms with van der Waals surface area (Å²) in [6.45, 7) is 6.80. The lowest BCUT2D eigenvalue weighted by Gasteiger charge is -2.28. The number of benzene rings is 4. The smallest absolute Gasteiger partial charge is 0.116 e. The molecule has 0 aliphatic rings. The first-order valence-electron chi connectivity index (χ1n) is 10.7. The molecule has 0 unspecified atom stereocenters. The van der Waals surface area contributed by atoms with Crippen LogP contribution < -0.4 is 32.9 Å². The molecule has 0 spiro atoms. The van der Waals surface area contributed by atoms with Gasteiger partial charge in [-0.25, -0.2) is 0 Å². The van der Waals surface area contributed by atoms with E-state index in [1.807, 2.05) is 0 Å². The summed E-state index contributed by atoms with van der Waals surface area (Å²) in [5.74, 6) is 0. The Morgan fingerprint density at radius 1 is 0.625 bits per heavy atom. The summed E-state index contributed by atoms with van der Waals surface area (Å²) in [6, 6.07) is 40.2. The van der Waals surface area contributed by atoms with Crippen molar-refractivity contribution in [2.24, 2.45) is 0 Å². The van der Waals surface area contributed by atoms with Crippen molar-refractivity contribution in [3.05, 3.63) is 125 Å². The van der Waals surface area contributed by atoms with E-state index in [0.717, 1.165) is 6.16 Å². The predicted octanol–water partition coefficient (Wildman–Crippen LogP) is 4.24. The van der Waals surface area contributed by atoms with Gasteiger partial charge in [0, 0.05) is 10.0 Å². The van der Waals surface area contributed by atoms with Gasteiger partial charge in [-0.1, -0.05) is 103 Å². The molecule has 0 amide bonds. The van der Waals surface area contributed by atoms with Crippen molar-refractivity contribution in [1.29, 1.82) is 0 Å². The monoisotopic (exact) mass is 566 g/mol. The lowest BCUT2D eigenvalue weighted by molar-refractivity contribution is -0.00000642. The average molecular weight is 568 g/mol. The van der Waals surface area contributed by atoms with Crippen LogP contribution in [0.5, 0.6) is 0 Å². The van der Waals surface area contributed by atoms with Crippen LogP contribution in [0.3, 0.4) is 0 Å². The second kappa shape index (κ2) is 10.5. The van der Waals surface area contributed by atoms with Crippen LogP contribution in [0.1, 0.15) is 31.9 Å². The van der Waals surface area contributed by atoms with Gasteiger partial charge >= 0.3 is 0 Å². The van der Waals surface area contributed by atoms with E-state index < -0.39 is 7.26 Å². The molecule has 0 saturated heterocycles. The molecule has 0 N–H and O–H groups in total. The molecule has 4 aromatic carbocycles. The highest BCUT2D eigenvalue weighted by Gasteiger charge is 2.45. The summed E-state index contributed by atoms with van der Waals surface area (Å²) in [5, 5.41) is 4.25. The second-order valence-corrected chi connectivity index (χ2v) is 13.4. The van der Waals surface area contributed by atoms with Gasteiger partial charge in [0.25, 0.3) is 0 Å². The van der Waals surface area contributed by atoms with Crippen molar-refractivity contribution in [2.45, 2.75) is 32.3 Å². The second-order valence-electron chi connectivity index (χ2n) is 9.03. The zero-order chi connectivity index (χ0) is 21.9. The van der Waals surface area contributed by atoms with Crippen LogP contribution in [0.25, 0.3) is 0 Å². The van der Waals surface area contributed by atoms with E-state index in [-0.39, 0.29) is 22.4 Å². The number of hydrogen-bond donors (Lipinski definition) is 0. The van der Waals surface area contributed by atoms with E-state index in [9.17, 15) is 0 Å². The number of hydrogen-bond acceptors (Lipinski definition) is 0. The fourth-order valence-corrected chi connectivity index (χ4v) is 9.17. The normalized spacial score (nSPS) is 11.6. The Labute approximate surface area is 212 Å². The van der Waals surface area contributed by atoms with E-state index in [1.165, 1.54) is 31.5 Å². The summed E-state index contributed by atoms with van der Waals surface area (Å²) in [7, 11) is -1.89. The minimum atomic E-state index is -1.89. The van der Waals surface area contributed by atoms with Gasteiger partial charge in [-0.15, -0.1) is 0 Å². The first-order valence-corrected chi connectivity index (χ1v) is 13.5. The Hall–Kier alpha value is -1.73. The fraction of sp³-hybridized carbons (Fsp3) is 0.172. The van der Waals surface area contributed by atoms with E-state index in [2.05, 4.69) is 146 Å². The Morgan fingerprint density at radius 3 is 1.38 bits per heavy atom. The first kappa shape index (κ1) is 24.9. The van der Waals surface area contributed by atoms with Crippen molar-refractivity contribution in [3.8, 4) is 0 Å². The molecule has 32 heavy (non-hydrogen) atoms. The summed E-state index contributed by atoms with van der Waals surface area (Å²) >= 11 is 3.93. The van der Waals surface area contributed by atoms with Crippen LogP contribution in [0, 0.1) is 0 Å². The van der Waals surface area contributed by atoms with Crippen LogP contribution in [-0.2, 0) is 11.6 Å². The molecular weight excluding hydrogens is 539 g/mol. The molecule has 0 bridgehead atoms. The third kappa shape index (κ3) is 5.09. The minimum Gasteiger partial charge on any atom is -1.00 e. The van der Waals surface area contributed by atoms with Crippen molar-refractivity contribution >= 4 is 39.1 Å². The number of rotatable bonds is 5. The Bertz CT molecular complexity index is 1040. The SMILES string of the molecule is CC(C)(C)c1ccc(C[P+](c2ccccc2)(c2ccccc2)c2ccccc2)c(Br)c1.[Br-]. The van der Waals surface area contributed by atoms with Crippen LogP contribution >= 0.6 is 23.2 Å². The number of halogens is 2. The largest absolute Gasteiger partial charge is 1.00 e. The molecule has 0 heterocycles. The molecule has 3 heteroatoms. The van der Waals surface area contributed by atoms with E-state index >= 15 is 0 Å². The molecule has 0 aliphatic heterocycles. The lowest BCUT2D eigenvalue weighted by atomic mass is 9.87. The molecule has 0 aliphatic carbocycles. The third-order valence-corrected chi connectivity index (χ3v) is 11.0. The topological polar surface area (TPSA) is 0 Å². The molecule has 0 aromatic heterocycles. The summed E-state index contributed by atoms with van der Waals surface area (Å²) in [6.07, 6.45) is 0.982. The standard InChI is InChI=1S/C29H29BrP.BrH/c1-29(2,3)24-20-19-23(28(30)21-24)22-31(25-13-7-4-8-14-25,26-15-9-5-10-16-26)27-17-11-6-12-18-27;/h4-21H,22H2,1-3H3;1H/q+1;/p-1. The lowest BCUT2D eigenvalue weighted by Crippen LogP contribution is -3.00. The summed E-state index contributed by atoms with van der Waals surface area (Å²) in [4.78, 5) is 0. The highest BCUT2D eigenvalue weighted by molar-refractivity contribution is 9.10. The van der Waals surface area contributed by atoms with E-state index in [0.29, 0.717) is 0 Å². The molecule has 4 aromatic rings. The van der Waals surface area contributed by atoms with Gasteiger partial charge in [0.05, 0.1) is 6.16 Å². The van der Waals surface area contributed by atoms with Crippen LogP contribution in [-0.4, -0.2) is 0 Å². The van der Waals surface area contributed by atoms with Crippen molar-refractivity contribution in [2.75, 3.05) is 0 Å². The molecule has 0 saturated carbocycles. The van der Waals surface area contributed by atoms with Crippen LogP contribution in [0.2, 0.25) is 0 Å². The zero-order valence-electron chi connectivity index (χ0n) is 18.8. The third-order valence-electron chi connectivity index (χ3n) is 5.92. The van der Waals surface area contributed by atoms with E-state index in [4.69, 9.17) is 0 Å². The maximum absolute atomic E-state index is 3.93. The highest BCUT2D eigenvalue weighted by atomic mass is 79.9. The molecular formula is C29H29Br2P. The minimum absolute atomic E-state index is 0. The molecule has 4 rings (SSSR count). The maximum Gasteiger partial charge on any atom is 0.116 e. The van der Waals surface area contributed by atoms with Gasteiger partial charge in [-0.2, -0.15) is 0 Å². The van der Waals surface area contributed by atoms with Gasteiger partial charge in [-0.3, -0.25) is 0 Å². The van der Waals surface area contributed by atoms with Crippen molar-refractivity contribution < 1.29 is 17.0 Å². The van der Waals surface area contributed by atoms with Gasteiger partial charge in [0.1, 0.15) is 23.2 Å². The fourth-order valence-electron chi connectivity index (χ4n) is 4.17. The summed E-state index contributed by atoms with van der Waals surface area (Å²) in [5.41, 5.74) is 2.84. The van der Waals surface area contributed by atoms with Crippen molar-refractivity contribution in [3.63, 3.8) is 0 Å². The van der Waals surface area contributed by atoms with Crippen LogP contribution in [0.15, 0.2) is 114 Å². The van der Waals surface area contributed by atoms with Gasteiger partial charge < -0.3 is 17.0 Å². The van der Waals surface area contributed by atoms with E-state index in [1.54, 1.807) is 0 Å². The van der Waals surface area contributed by atoms with Crippen molar-refractivity contribution in [1.82, 2.24) is 0 Å². The Balaban J connectivity index is 0.00000289. The van der Waals surface area contributed by atoms with Gasteiger partial charge in [0.2, 0.25) is 0 Å². The molecule has 0 atom stereocenters. The van der Waals surface area contributed by atoms with Crippen LogP contribution in [0.4, 0.5) is 0 Å². The molecule has 0 fully saturated rings. The predicted molar refractivity (Wildman–Crippen MR) is 142 cm³/mol. The maximum atomic E-state index is 3.93. The Kier molecular flexibility index (Phi) is 8.15. The van der Waals surface area contributed by atoms with Gasteiger partial charge in [0.15, 0.2) is 0 Å². The Morgan fingerprint density at radius 2 is 1.03 bits per heavy atom. The quantitative estimate of drug-likeness (QED) is 0.316. The molecule has 164 valence electrons. The summed E-state index contributed by atoms with van der Waals surface area (Å²) < 4.78 is 1.20. The highest BCUT2D eigenvalue weighted by Crippen LogP contribution is 2.58. The molecule has 0 nitrogen and oxygen atoms in total. The average Bonchev–Trinajstić information content (AvgIpc) is 2.79.